The smallest absolute Gasteiger partial charge is 0.328 e. The highest BCUT2D eigenvalue weighted by molar-refractivity contribution is 6.03. The Morgan fingerprint density at radius 1 is 1.09 bits per heavy atom. The molecule has 0 saturated carbocycles. The molecule has 0 heterocycles. The molecule has 2 N–H and O–H groups in total. The van der Waals surface area contributed by atoms with Crippen LogP contribution in [-0.4, -0.2) is 36.7 Å². The van der Waals surface area contributed by atoms with Crippen LogP contribution in [0, 0.1) is 0 Å². The maximum Gasteiger partial charge on any atom is 0.328 e. The molecule has 0 aromatic heterocycles. The second-order valence-corrected chi connectivity index (χ2v) is 5.10. The van der Waals surface area contributed by atoms with Crippen LogP contribution in [-0.2, 0) is 30.3 Å². The van der Waals surface area contributed by atoms with E-state index in [1.165, 1.54) is 21.0 Å². The van der Waals surface area contributed by atoms with Crippen LogP contribution in [0.3, 0.4) is 0 Å². The van der Waals surface area contributed by atoms with Crippen LogP contribution in [0.25, 0.3) is 0 Å². The van der Waals surface area contributed by atoms with Gasteiger partial charge in [-0.1, -0.05) is 12.1 Å². The van der Waals surface area contributed by atoms with E-state index in [9.17, 15) is 19.2 Å². The number of ketones is 1. The van der Waals surface area contributed by atoms with E-state index in [4.69, 9.17) is 0 Å². The lowest BCUT2D eigenvalue weighted by Gasteiger charge is -2.15. The summed E-state index contributed by atoms with van der Waals surface area (Å²) < 4.78 is 4.66. The third-order valence-electron chi connectivity index (χ3n) is 2.95. The molecule has 7 heteroatoms. The average Bonchev–Trinajstić information content (AvgIpc) is 2.46. The zero-order chi connectivity index (χ0) is 17.4. The van der Waals surface area contributed by atoms with E-state index >= 15 is 0 Å². The number of Topliss-reactive ketones (excluding diaryl/α,β-unsaturated/α-hetero) is 1. The molecular weight excluding hydrogens is 300 g/mol. The first-order valence-electron chi connectivity index (χ1n) is 7.05. The minimum absolute atomic E-state index is 0.172. The van der Waals surface area contributed by atoms with Crippen LogP contribution in [0.5, 0.6) is 0 Å². The van der Waals surface area contributed by atoms with E-state index in [1.807, 2.05) is 0 Å². The van der Waals surface area contributed by atoms with Crippen molar-refractivity contribution in [2.45, 2.75) is 32.7 Å². The summed E-state index contributed by atoms with van der Waals surface area (Å²) in [5.74, 6) is -1.45. The van der Waals surface area contributed by atoms with Crippen molar-refractivity contribution in [3.05, 3.63) is 29.8 Å². The van der Waals surface area contributed by atoms with E-state index in [0.29, 0.717) is 5.69 Å². The summed E-state index contributed by atoms with van der Waals surface area (Å²) in [4.78, 5) is 45.1. The molecule has 1 aromatic carbocycles. The Morgan fingerprint density at radius 2 is 1.70 bits per heavy atom. The van der Waals surface area contributed by atoms with Gasteiger partial charge in [0.15, 0.2) is 0 Å². The summed E-state index contributed by atoms with van der Waals surface area (Å²) >= 11 is 0. The topological polar surface area (TPSA) is 102 Å². The fourth-order valence-electron chi connectivity index (χ4n) is 1.97. The molecule has 0 aliphatic rings. The number of amides is 2. The Kier molecular flexibility index (Phi) is 6.92. The minimum Gasteiger partial charge on any atom is -0.467 e. The first kappa shape index (κ1) is 18.3. The molecular formula is C16H20N2O5. The normalized spacial score (nSPS) is 11.3. The van der Waals surface area contributed by atoms with Gasteiger partial charge in [-0.2, -0.15) is 0 Å². The SMILES string of the molecule is COC(=O)C(Cc1ccc(NC(=O)CC(C)=O)cc1)NC(C)=O. The van der Waals surface area contributed by atoms with Crippen molar-refractivity contribution >= 4 is 29.3 Å². The molecule has 23 heavy (non-hydrogen) atoms. The fraction of sp³-hybridized carbons (Fsp3) is 0.375. The van der Waals surface area contributed by atoms with Crippen molar-refractivity contribution in [2.24, 2.45) is 0 Å². The number of benzene rings is 1. The number of hydrogen-bond donors (Lipinski definition) is 2. The van der Waals surface area contributed by atoms with Gasteiger partial charge in [0.1, 0.15) is 11.8 Å². The highest BCUT2D eigenvalue weighted by atomic mass is 16.5. The Hall–Kier alpha value is -2.70. The lowest BCUT2D eigenvalue weighted by Crippen LogP contribution is -2.41. The molecule has 1 aromatic rings. The zero-order valence-corrected chi connectivity index (χ0v) is 13.3. The molecule has 0 aliphatic heterocycles. The van der Waals surface area contributed by atoms with Gasteiger partial charge in [0.2, 0.25) is 11.8 Å². The van der Waals surface area contributed by atoms with Crippen molar-refractivity contribution in [1.29, 1.82) is 0 Å². The maximum atomic E-state index is 11.6. The Labute approximate surface area is 134 Å². The number of carbonyl (C=O) groups excluding carboxylic acids is 4. The summed E-state index contributed by atoms with van der Waals surface area (Å²) in [5.41, 5.74) is 1.34. The Bertz CT molecular complexity index is 595. The third kappa shape index (κ3) is 6.73. The second kappa shape index (κ2) is 8.67. The van der Waals surface area contributed by atoms with Gasteiger partial charge in [0, 0.05) is 19.0 Å². The molecule has 0 fully saturated rings. The monoisotopic (exact) mass is 320 g/mol. The van der Waals surface area contributed by atoms with Gasteiger partial charge in [0.25, 0.3) is 0 Å². The molecule has 0 radical (unpaired) electrons. The van der Waals surface area contributed by atoms with Crippen LogP contribution >= 0.6 is 0 Å². The highest BCUT2D eigenvalue weighted by Gasteiger charge is 2.20. The molecule has 1 rings (SSSR count). The number of ether oxygens (including phenoxy) is 1. The molecule has 1 atom stereocenters. The number of anilines is 1. The van der Waals surface area contributed by atoms with Crippen molar-refractivity contribution in [1.82, 2.24) is 5.32 Å². The van der Waals surface area contributed by atoms with Crippen LogP contribution in [0.2, 0.25) is 0 Å². The summed E-state index contributed by atoms with van der Waals surface area (Å²) in [5, 5.41) is 5.13. The molecule has 0 aliphatic carbocycles. The predicted octanol–water partition coefficient (Wildman–Crippen LogP) is 0.824. The van der Waals surface area contributed by atoms with Crippen molar-refractivity contribution < 1.29 is 23.9 Å². The fourth-order valence-corrected chi connectivity index (χ4v) is 1.97. The summed E-state index contributed by atoms with van der Waals surface area (Å²) in [6, 6.07) is 6.00. The molecule has 0 bridgehead atoms. The molecule has 2 amide bonds. The Balaban J connectivity index is 2.71. The molecule has 7 nitrogen and oxygen atoms in total. The van der Waals surface area contributed by atoms with Crippen molar-refractivity contribution in [3.63, 3.8) is 0 Å². The van der Waals surface area contributed by atoms with Gasteiger partial charge in [0.05, 0.1) is 13.5 Å². The molecule has 1 unspecified atom stereocenters. The number of hydrogen-bond acceptors (Lipinski definition) is 5. The first-order chi connectivity index (χ1) is 10.8. The average molecular weight is 320 g/mol. The molecule has 0 spiro atoms. The molecule has 124 valence electrons. The second-order valence-electron chi connectivity index (χ2n) is 5.10. The lowest BCUT2D eigenvalue weighted by atomic mass is 10.1. The van der Waals surface area contributed by atoms with E-state index < -0.39 is 12.0 Å². The quantitative estimate of drug-likeness (QED) is 0.572. The number of carbonyl (C=O) groups is 4. The summed E-state index contributed by atoms with van der Waals surface area (Å²) in [6.07, 6.45) is 0.0998. The lowest BCUT2D eigenvalue weighted by molar-refractivity contribution is -0.144. The van der Waals surface area contributed by atoms with Crippen molar-refractivity contribution in [2.75, 3.05) is 12.4 Å². The zero-order valence-electron chi connectivity index (χ0n) is 13.3. The summed E-state index contributed by atoms with van der Waals surface area (Å²) in [7, 11) is 1.25. The van der Waals surface area contributed by atoms with Gasteiger partial charge in [-0.05, 0) is 24.6 Å². The van der Waals surface area contributed by atoms with Gasteiger partial charge < -0.3 is 15.4 Å². The third-order valence-corrected chi connectivity index (χ3v) is 2.95. The maximum absolute atomic E-state index is 11.6. The number of rotatable bonds is 7. The standard InChI is InChI=1S/C16H20N2O5/c1-10(19)8-15(21)18-13-6-4-12(5-7-13)9-14(16(22)23-3)17-11(2)20/h4-7,14H,8-9H2,1-3H3,(H,17,20)(H,18,21). The predicted molar refractivity (Wildman–Crippen MR) is 83.7 cm³/mol. The number of methoxy groups -OCH3 is 1. The van der Waals surface area contributed by atoms with Crippen LogP contribution < -0.4 is 10.6 Å². The van der Waals surface area contributed by atoms with Crippen LogP contribution in [0.15, 0.2) is 24.3 Å². The van der Waals surface area contributed by atoms with Gasteiger partial charge in [-0.25, -0.2) is 4.79 Å². The van der Waals surface area contributed by atoms with E-state index in [1.54, 1.807) is 24.3 Å². The highest BCUT2D eigenvalue weighted by Crippen LogP contribution is 2.12. The van der Waals surface area contributed by atoms with Gasteiger partial charge in [-0.15, -0.1) is 0 Å². The largest absolute Gasteiger partial charge is 0.467 e. The van der Waals surface area contributed by atoms with Gasteiger partial charge in [-0.3, -0.25) is 14.4 Å². The van der Waals surface area contributed by atoms with E-state index in [2.05, 4.69) is 15.4 Å². The minimum atomic E-state index is -0.768. The van der Waals surface area contributed by atoms with Crippen LogP contribution in [0.1, 0.15) is 25.8 Å². The number of nitrogens with one attached hydrogen (secondary N) is 2. The Morgan fingerprint density at radius 3 is 2.17 bits per heavy atom. The van der Waals surface area contributed by atoms with E-state index in [0.717, 1.165) is 5.56 Å². The van der Waals surface area contributed by atoms with E-state index in [-0.39, 0.29) is 30.4 Å². The molecule has 0 saturated heterocycles. The van der Waals surface area contributed by atoms with Gasteiger partial charge >= 0.3 is 5.97 Å². The van der Waals surface area contributed by atoms with Crippen LogP contribution in [0.4, 0.5) is 5.69 Å². The first-order valence-corrected chi connectivity index (χ1v) is 7.05. The van der Waals surface area contributed by atoms with Crippen molar-refractivity contribution in [3.8, 4) is 0 Å². The summed E-state index contributed by atoms with van der Waals surface area (Å²) in [6.45, 7) is 2.67. The number of esters is 1.